The molecule has 2 atom stereocenters. The van der Waals surface area contributed by atoms with Crippen molar-refractivity contribution in [1.82, 2.24) is 4.98 Å². The van der Waals surface area contributed by atoms with E-state index in [1.807, 2.05) is 37.3 Å². The number of pyridine rings is 1. The van der Waals surface area contributed by atoms with E-state index in [4.69, 9.17) is 10.5 Å². The quantitative estimate of drug-likeness (QED) is 0.791. The van der Waals surface area contributed by atoms with E-state index in [-0.39, 0.29) is 36.6 Å². The number of para-hydroxylation sites is 1. The van der Waals surface area contributed by atoms with Gasteiger partial charge in [0.05, 0.1) is 17.8 Å². The molecule has 1 amide bonds. The van der Waals surface area contributed by atoms with Gasteiger partial charge in [-0.3, -0.25) is 4.79 Å². The van der Waals surface area contributed by atoms with Crippen molar-refractivity contribution in [2.24, 2.45) is 11.7 Å². The van der Waals surface area contributed by atoms with E-state index in [1.165, 1.54) is 0 Å². The van der Waals surface area contributed by atoms with Gasteiger partial charge in [-0.15, -0.1) is 24.8 Å². The first-order chi connectivity index (χ1) is 11.5. The number of hydrogen-bond acceptors (Lipinski definition) is 4. The fourth-order valence-electron chi connectivity index (χ4n) is 3.14. The van der Waals surface area contributed by atoms with Gasteiger partial charge in [-0.2, -0.15) is 0 Å². The number of anilines is 1. The van der Waals surface area contributed by atoms with Crippen molar-refractivity contribution in [2.45, 2.75) is 38.1 Å². The molecule has 3 rings (SSSR count). The molecule has 1 aliphatic carbocycles. The van der Waals surface area contributed by atoms with Crippen LogP contribution in [-0.4, -0.2) is 16.4 Å². The van der Waals surface area contributed by atoms with Gasteiger partial charge < -0.3 is 15.8 Å². The predicted octanol–water partition coefficient (Wildman–Crippen LogP) is 4.56. The van der Waals surface area contributed by atoms with Gasteiger partial charge in [0.25, 0.3) is 0 Å². The van der Waals surface area contributed by atoms with Crippen molar-refractivity contribution in [3.8, 4) is 11.6 Å². The van der Waals surface area contributed by atoms with Crippen molar-refractivity contribution in [3.05, 3.63) is 48.7 Å². The summed E-state index contributed by atoms with van der Waals surface area (Å²) in [6.45, 7) is 1.96. The number of hydrogen-bond donors (Lipinski definition) is 2. The van der Waals surface area contributed by atoms with Gasteiger partial charge >= 0.3 is 0 Å². The van der Waals surface area contributed by atoms with Gasteiger partial charge in [0.2, 0.25) is 11.8 Å². The van der Waals surface area contributed by atoms with E-state index in [0.717, 1.165) is 31.4 Å². The van der Waals surface area contributed by atoms with Gasteiger partial charge in [0.1, 0.15) is 5.75 Å². The molecule has 2 unspecified atom stereocenters. The Morgan fingerprint density at radius 2 is 1.92 bits per heavy atom. The Bertz CT molecular complexity index is 694. The summed E-state index contributed by atoms with van der Waals surface area (Å²) in [4.78, 5) is 16.7. The van der Waals surface area contributed by atoms with E-state index < -0.39 is 5.54 Å². The van der Waals surface area contributed by atoms with Crippen LogP contribution in [-0.2, 0) is 4.79 Å². The summed E-state index contributed by atoms with van der Waals surface area (Å²) >= 11 is 0. The number of nitrogens with zero attached hydrogens (tertiary/aromatic N) is 1. The van der Waals surface area contributed by atoms with Crippen LogP contribution < -0.4 is 15.8 Å². The minimum atomic E-state index is -0.438. The number of aromatic nitrogens is 1. The number of benzene rings is 1. The lowest BCUT2D eigenvalue weighted by atomic mass is 9.74. The first-order valence-corrected chi connectivity index (χ1v) is 8.33. The van der Waals surface area contributed by atoms with Gasteiger partial charge in [-0.1, -0.05) is 31.0 Å². The summed E-state index contributed by atoms with van der Waals surface area (Å²) in [5, 5.41) is 2.92. The lowest BCUT2D eigenvalue weighted by Gasteiger charge is -2.37. The highest BCUT2D eigenvalue weighted by Gasteiger charge is 2.37. The standard InChI is InChI=1S/C19H23N3O2.2ClH/c1-19(20)12-6-5-9-16(19)18(23)22-14-10-11-17(21-13-14)24-15-7-3-2-4-8-15;;/h2-4,7-8,10-11,13,16H,5-6,9,12,20H2,1H3,(H,22,23);2*1H. The van der Waals surface area contributed by atoms with Gasteiger partial charge in [0.15, 0.2) is 0 Å². The summed E-state index contributed by atoms with van der Waals surface area (Å²) in [7, 11) is 0. The first kappa shape index (κ1) is 22.2. The summed E-state index contributed by atoms with van der Waals surface area (Å²) in [5.41, 5.74) is 6.51. The number of nitrogens with one attached hydrogen (secondary N) is 1. The molecular weight excluding hydrogens is 373 g/mol. The maximum Gasteiger partial charge on any atom is 0.229 e. The average Bonchev–Trinajstić information content (AvgIpc) is 2.57. The van der Waals surface area contributed by atoms with Crippen molar-refractivity contribution in [1.29, 1.82) is 0 Å². The van der Waals surface area contributed by atoms with E-state index in [0.29, 0.717) is 11.6 Å². The first-order valence-electron chi connectivity index (χ1n) is 8.33. The summed E-state index contributed by atoms with van der Waals surface area (Å²) < 4.78 is 5.64. The molecule has 0 radical (unpaired) electrons. The van der Waals surface area contributed by atoms with E-state index in [2.05, 4.69) is 10.3 Å². The Hall–Kier alpha value is -1.82. The van der Waals surface area contributed by atoms with E-state index in [1.54, 1.807) is 18.3 Å². The van der Waals surface area contributed by atoms with Gasteiger partial charge in [-0.05, 0) is 38.0 Å². The minimum absolute atomic E-state index is 0. The molecule has 1 fully saturated rings. The van der Waals surface area contributed by atoms with Crippen molar-refractivity contribution in [2.75, 3.05) is 5.32 Å². The second-order valence-corrected chi connectivity index (χ2v) is 6.59. The predicted molar refractivity (Wildman–Crippen MR) is 108 cm³/mol. The van der Waals surface area contributed by atoms with Crippen LogP contribution >= 0.6 is 24.8 Å². The van der Waals surface area contributed by atoms with Crippen LogP contribution in [0.4, 0.5) is 5.69 Å². The largest absolute Gasteiger partial charge is 0.439 e. The highest BCUT2D eigenvalue weighted by molar-refractivity contribution is 5.93. The second kappa shape index (κ2) is 9.76. The maximum atomic E-state index is 12.5. The number of nitrogens with two attached hydrogens (primary N) is 1. The Kier molecular flexibility index (Phi) is 8.34. The fraction of sp³-hybridized carbons (Fsp3) is 0.368. The second-order valence-electron chi connectivity index (χ2n) is 6.59. The molecule has 1 aromatic heterocycles. The number of rotatable bonds is 4. The molecule has 7 heteroatoms. The Morgan fingerprint density at radius 1 is 1.19 bits per heavy atom. The number of amides is 1. The third kappa shape index (κ3) is 5.59. The van der Waals surface area contributed by atoms with Crippen LogP contribution in [0.5, 0.6) is 11.6 Å². The minimum Gasteiger partial charge on any atom is -0.439 e. The third-order valence-corrected chi connectivity index (χ3v) is 4.54. The van der Waals surface area contributed by atoms with Crippen LogP contribution in [0.25, 0.3) is 0 Å². The molecule has 1 aromatic carbocycles. The monoisotopic (exact) mass is 397 g/mol. The van der Waals surface area contributed by atoms with Gasteiger partial charge in [0, 0.05) is 11.6 Å². The molecule has 1 heterocycles. The average molecular weight is 398 g/mol. The lowest BCUT2D eigenvalue weighted by molar-refractivity contribution is -0.122. The molecule has 142 valence electrons. The van der Waals surface area contributed by atoms with Crippen LogP contribution in [0.15, 0.2) is 48.7 Å². The number of carbonyl (C=O) groups is 1. The van der Waals surface area contributed by atoms with Crippen LogP contribution in [0, 0.1) is 5.92 Å². The maximum absolute atomic E-state index is 12.5. The summed E-state index contributed by atoms with van der Waals surface area (Å²) in [6.07, 6.45) is 5.46. The Labute approximate surface area is 166 Å². The molecule has 2 aromatic rings. The van der Waals surface area contributed by atoms with Crippen LogP contribution in [0.2, 0.25) is 0 Å². The van der Waals surface area contributed by atoms with Crippen molar-refractivity contribution >= 4 is 36.4 Å². The molecule has 1 saturated carbocycles. The zero-order valence-corrected chi connectivity index (χ0v) is 16.3. The summed E-state index contributed by atoms with van der Waals surface area (Å²) in [6, 6.07) is 13.0. The lowest BCUT2D eigenvalue weighted by Crippen LogP contribution is -2.51. The van der Waals surface area contributed by atoms with Gasteiger partial charge in [-0.25, -0.2) is 4.98 Å². The molecule has 0 spiro atoms. The number of ether oxygens (including phenoxy) is 1. The topological polar surface area (TPSA) is 77.2 Å². The van der Waals surface area contributed by atoms with E-state index >= 15 is 0 Å². The fourth-order valence-corrected chi connectivity index (χ4v) is 3.14. The molecule has 0 bridgehead atoms. The molecule has 0 aliphatic heterocycles. The molecular formula is C19H25Cl2N3O2. The molecule has 3 N–H and O–H groups in total. The number of carbonyl (C=O) groups excluding carboxylic acids is 1. The Morgan fingerprint density at radius 3 is 2.54 bits per heavy atom. The van der Waals surface area contributed by atoms with Crippen molar-refractivity contribution < 1.29 is 9.53 Å². The van der Waals surface area contributed by atoms with E-state index in [9.17, 15) is 4.79 Å². The zero-order valence-electron chi connectivity index (χ0n) is 14.7. The highest BCUT2D eigenvalue weighted by atomic mass is 35.5. The van der Waals surface area contributed by atoms with Crippen LogP contribution in [0.1, 0.15) is 32.6 Å². The summed E-state index contributed by atoms with van der Waals surface area (Å²) in [5.74, 6) is 1.02. The smallest absolute Gasteiger partial charge is 0.229 e. The normalized spacial score (nSPS) is 21.7. The third-order valence-electron chi connectivity index (χ3n) is 4.54. The molecule has 0 saturated heterocycles. The Balaban J connectivity index is 0.00000169. The van der Waals surface area contributed by atoms with Crippen LogP contribution in [0.3, 0.4) is 0 Å². The van der Waals surface area contributed by atoms with Crippen molar-refractivity contribution in [3.63, 3.8) is 0 Å². The SMILES string of the molecule is CC1(N)CCCCC1C(=O)Nc1ccc(Oc2ccccc2)nc1.Cl.Cl. The highest BCUT2D eigenvalue weighted by Crippen LogP contribution is 2.32. The number of halogens is 2. The molecule has 1 aliphatic rings. The molecule has 26 heavy (non-hydrogen) atoms. The zero-order chi connectivity index (χ0) is 17.0. The molecule has 5 nitrogen and oxygen atoms in total.